The lowest BCUT2D eigenvalue weighted by Crippen LogP contribution is -2.77. The molecule has 0 N–H and O–H groups in total. The largest absolute Gasteiger partial charge is 0.311 e. The Kier molecular flexibility index (Phi) is 24.4. The van der Waals surface area contributed by atoms with Crippen molar-refractivity contribution in [3.63, 3.8) is 0 Å². The van der Waals surface area contributed by atoms with Gasteiger partial charge in [0.1, 0.15) is 0 Å². The number of nitrogens with zero attached hydrogens (tertiary/aromatic N) is 6. The van der Waals surface area contributed by atoms with Crippen LogP contribution in [0.1, 0.15) is 105 Å². The van der Waals surface area contributed by atoms with Gasteiger partial charge in [-0.25, -0.2) is 0 Å². The third-order valence-electron chi connectivity index (χ3n) is 29.4. The fourth-order valence-corrected chi connectivity index (χ4v) is 33.1. The highest BCUT2D eigenvalue weighted by atomic mass is 28.3. The molecular formula is C136H120N6Si2. The fourth-order valence-electron chi connectivity index (χ4n) is 22.5. The number of rotatable bonds is 10. The molecule has 0 atom stereocenters. The second-order valence-electron chi connectivity index (χ2n) is 42.3. The van der Waals surface area contributed by atoms with Gasteiger partial charge >= 0.3 is 0 Å². The first kappa shape index (κ1) is 92.6. The average Bonchev–Trinajstić information content (AvgIpc) is 1.56. The van der Waals surface area contributed by atoms with E-state index in [-0.39, 0.29) is 21.7 Å². The van der Waals surface area contributed by atoms with Gasteiger partial charge in [-0.2, -0.15) is 0 Å². The lowest BCUT2D eigenvalue weighted by molar-refractivity contribution is 0.590. The summed E-state index contributed by atoms with van der Waals surface area (Å²) in [5.41, 5.74) is 35.0. The van der Waals surface area contributed by atoms with E-state index in [0.29, 0.717) is 0 Å². The van der Waals surface area contributed by atoms with Gasteiger partial charge < -0.3 is 29.4 Å². The van der Waals surface area contributed by atoms with E-state index in [2.05, 4.69) is 622 Å². The summed E-state index contributed by atoms with van der Waals surface area (Å²) in [5, 5.41) is 11.7. The minimum Gasteiger partial charge on any atom is -0.311 e. The molecule has 0 saturated heterocycles. The summed E-state index contributed by atoms with van der Waals surface area (Å²) in [5.74, 6) is 0. The second kappa shape index (κ2) is 37.9. The van der Waals surface area contributed by atoms with Crippen LogP contribution in [0.15, 0.2) is 510 Å². The smallest absolute Gasteiger partial charge is 0.185 e. The van der Waals surface area contributed by atoms with E-state index in [1.165, 1.54) is 171 Å². The van der Waals surface area contributed by atoms with E-state index >= 15 is 0 Å². The molecule has 0 amide bonds. The molecule has 1 spiro atoms. The Bertz CT molecular complexity index is 7550. The first-order valence-corrected chi connectivity index (χ1v) is 54.6. The Morgan fingerprint density at radius 3 is 0.590 bits per heavy atom. The fraction of sp³-hybridized carbons (Fsp3) is 0.118. The van der Waals surface area contributed by atoms with Crippen LogP contribution in [-0.2, 0) is 21.7 Å². The van der Waals surface area contributed by atoms with E-state index in [4.69, 9.17) is 0 Å². The molecule has 0 unspecified atom stereocenters. The molecule has 20 aromatic carbocycles. The summed E-state index contributed by atoms with van der Waals surface area (Å²) >= 11 is 0. The summed E-state index contributed by atoms with van der Waals surface area (Å²) in [6.45, 7) is 27.2. The van der Waals surface area contributed by atoms with Crippen LogP contribution in [0.4, 0.5) is 102 Å². The number of fused-ring (bicyclic) bond motifs is 15. The van der Waals surface area contributed by atoms with Crippen LogP contribution in [-0.4, -0.2) is 16.1 Å². The van der Waals surface area contributed by atoms with Crippen molar-refractivity contribution in [3.05, 3.63) is 532 Å². The predicted octanol–water partition coefficient (Wildman–Crippen LogP) is 32.1. The molecule has 0 aromatic heterocycles. The van der Waals surface area contributed by atoms with Gasteiger partial charge in [-0.1, -0.05) is 459 Å². The molecule has 0 fully saturated rings. The van der Waals surface area contributed by atoms with Crippen LogP contribution in [0.5, 0.6) is 0 Å². The zero-order valence-corrected chi connectivity index (χ0v) is 86.2. The molecule has 0 aliphatic carbocycles. The Hall–Kier alpha value is -16.4. The van der Waals surface area contributed by atoms with Crippen LogP contribution >= 0.6 is 0 Å². The van der Waals surface area contributed by atoms with Crippen LogP contribution in [0.3, 0.4) is 0 Å². The normalized spacial score (nSPS) is 13.6. The van der Waals surface area contributed by atoms with E-state index in [1.54, 1.807) is 0 Å². The molecule has 20 aromatic rings. The molecule has 0 saturated carbocycles. The Morgan fingerprint density at radius 2 is 0.326 bits per heavy atom. The molecule has 5 aliphatic heterocycles. The summed E-state index contributed by atoms with van der Waals surface area (Å²) in [6.07, 6.45) is 0. The van der Waals surface area contributed by atoms with Crippen molar-refractivity contribution in [2.75, 3.05) is 29.4 Å². The molecule has 6 nitrogen and oxygen atoms in total. The van der Waals surface area contributed by atoms with Crippen LogP contribution in [0.25, 0.3) is 33.4 Å². The Morgan fingerprint density at radius 1 is 0.139 bits per heavy atom. The third kappa shape index (κ3) is 16.5. The molecule has 702 valence electrons. The highest BCUT2D eigenvalue weighted by Gasteiger charge is 2.55. The molecule has 0 bridgehead atoms. The minimum absolute atomic E-state index is 0.0992. The van der Waals surface area contributed by atoms with Gasteiger partial charge in [0.2, 0.25) is 0 Å². The zero-order valence-electron chi connectivity index (χ0n) is 84.2. The van der Waals surface area contributed by atoms with Gasteiger partial charge in [-0.05, 0) is 241 Å². The molecule has 144 heavy (non-hydrogen) atoms. The van der Waals surface area contributed by atoms with Gasteiger partial charge in [0.25, 0.3) is 0 Å². The van der Waals surface area contributed by atoms with Crippen LogP contribution in [0.2, 0.25) is 0 Å². The van der Waals surface area contributed by atoms with Crippen molar-refractivity contribution in [1.82, 2.24) is 0 Å². The maximum atomic E-state index is 2.49. The third-order valence-corrected chi connectivity index (χ3v) is 39.2. The van der Waals surface area contributed by atoms with E-state index in [1.807, 2.05) is 0 Å². The van der Waals surface area contributed by atoms with Gasteiger partial charge in [0.05, 0.1) is 51.2 Å². The standard InChI is InChI=1S/C40H34N2.C34H29NSi.C34H31NSi.C28H26N2/c1-40(2,3)31-25-27-32(28-26-31)41-35-21-10-12-23-37(35)42(38-24-13-11-22-36(38)41)39-33(29-15-6-4-7-16-29)19-14-20-34(39)30-17-8-5-9-18-30;1-34(2,3)24-20-22-25(23-21-24)35-28-14-6-10-18-32(28)36(33-19-11-7-15-29(33)35)30-16-8-4-12-26(30)27-13-5-9-17-31(27)36;1-34(2,3)26-22-24-27(25-23-26)35-30-18-10-12-20-32(30)36(28-14-6-4-7-15-28,29-16-8-5-9-17-29)33-21-13-11-19-31(33)35;1-28(2,3)21-17-19-23(20-18-21)30-26-15-9-7-13-24(26)29(22-11-5-4-6-12-22)25-14-8-10-16-27(25)30/h4-28H,1-3H3;4-23H,1-3H3;4-25H,1-3H3;4-20H,1-3H3. The van der Waals surface area contributed by atoms with E-state index in [9.17, 15) is 0 Å². The molecule has 5 aliphatic rings. The Labute approximate surface area is 853 Å². The first-order chi connectivity index (χ1) is 70.1. The maximum absolute atomic E-state index is 2.53. The average molecular weight is 1890 g/mol. The SMILES string of the molecule is CC(C)(C)c1ccc(N2c3ccccc3N(c3c(-c4ccccc4)cccc3-c3ccccc3)c3ccccc32)cc1.CC(C)(C)c1ccc(N2c3ccccc3N(c3ccccc3)c3ccccc32)cc1.CC(C)(C)c1ccc(N2c3ccccc3[Si](c3ccccc3)(c3ccccc3)c3ccccc32)cc1.CC(C)(C)c1ccc(N2c3ccccc3[Si]3(c4ccccc4-c4ccccc43)c3ccccc32)cc1. The van der Waals surface area contributed by atoms with Gasteiger partial charge in [0, 0.05) is 62.3 Å². The van der Waals surface area contributed by atoms with Crippen molar-refractivity contribution in [2.24, 2.45) is 0 Å². The van der Waals surface area contributed by atoms with Crippen LogP contribution < -0.4 is 70.9 Å². The lowest BCUT2D eigenvalue weighted by Gasteiger charge is -2.45. The molecular weight excluding hydrogens is 1770 g/mol. The van der Waals surface area contributed by atoms with E-state index in [0.717, 1.165) is 28.4 Å². The summed E-state index contributed by atoms with van der Waals surface area (Å²) in [7, 11) is -4.99. The number of para-hydroxylation sites is 14. The molecule has 8 heteroatoms. The summed E-state index contributed by atoms with van der Waals surface area (Å²) in [6, 6.07) is 187. The van der Waals surface area contributed by atoms with Crippen molar-refractivity contribution < 1.29 is 0 Å². The quantitative estimate of drug-likeness (QED) is 0.126. The predicted molar refractivity (Wildman–Crippen MR) is 620 cm³/mol. The van der Waals surface area contributed by atoms with Crippen molar-refractivity contribution in [2.45, 2.75) is 105 Å². The number of benzene rings is 20. The summed E-state index contributed by atoms with van der Waals surface area (Å²) in [4.78, 5) is 14.5. The van der Waals surface area contributed by atoms with Crippen molar-refractivity contribution in [1.29, 1.82) is 0 Å². The minimum atomic E-state index is -2.53. The van der Waals surface area contributed by atoms with Gasteiger partial charge in [-0.3, -0.25) is 0 Å². The van der Waals surface area contributed by atoms with Crippen molar-refractivity contribution >= 4 is 160 Å². The maximum Gasteiger partial charge on any atom is 0.185 e. The second-order valence-corrected chi connectivity index (χ2v) is 49.7. The first-order valence-electron chi connectivity index (χ1n) is 50.6. The highest BCUT2D eigenvalue weighted by Crippen LogP contribution is 2.59. The monoisotopic (exact) mass is 1890 g/mol. The summed E-state index contributed by atoms with van der Waals surface area (Å²) < 4.78 is 0. The molecule has 25 rings (SSSR count). The Balaban J connectivity index is 0.000000110. The lowest BCUT2D eigenvalue weighted by atomic mass is 9.87. The zero-order chi connectivity index (χ0) is 98.6. The molecule has 5 heterocycles. The number of anilines is 18. The molecule has 0 radical (unpaired) electrons. The van der Waals surface area contributed by atoms with Crippen LogP contribution in [0, 0.1) is 0 Å². The highest BCUT2D eigenvalue weighted by molar-refractivity contribution is 7.24. The van der Waals surface area contributed by atoms with E-state index < -0.39 is 16.1 Å². The van der Waals surface area contributed by atoms with Gasteiger partial charge in [-0.15, -0.1) is 0 Å². The number of hydrogen-bond donors (Lipinski definition) is 0. The van der Waals surface area contributed by atoms with Gasteiger partial charge in [0.15, 0.2) is 16.1 Å². The topological polar surface area (TPSA) is 19.4 Å². The number of hydrogen-bond acceptors (Lipinski definition) is 6. The van der Waals surface area contributed by atoms with Crippen molar-refractivity contribution in [3.8, 4) is 33.4 Å².